The van der Waals surface area contributed by atoms with Gasteiger partial charge in [-0.05, 0) is 50.1 Å². The lowest BCUT2D eigenvalue weighted by atomic mass is 9.95. The van der Waals surface area contributed by atoms with Crippen molar-refractivity contribution < 1.29 is 9.53 Å². The molecule has 1 fully saturated rings. The van der Waals surface area contributed by atoms with E-state index in [1.165, 1.54) is 0 Å². The molecule has 4 rings (SSSR count). The van der Waals surface area contributed by atoms with E-state index >= 15 is 0 Å². The molecule has 0 saturated carbocycles. The van der Waals surface area contributed by atoms with Gasteiger partial charge in [-0.2, -0.15) is 0 Å². The Morgan fingerprint density at radius 1 is 1.24 bits per heavy atom. The minimum absolute atomic E-state index is 0.138. The van der Waals surface area contributed by atoms with Crippen LogP contribution < -0.4 is 10.7 Å². The van der Waals surface area contributed by atoms with Crippen LogP contribution in [0.2, 0.25) is 0 Å². The van der Waals surface area contributed by atoms with Crippen LogP contribution >= 0.6 is 0 Å². The first kappa shape index (κ1) is 19.3. The molecule has 29 heavy (non-hydrogen) atoms. The Balaban J connectivity index is 1.59. The number of hydrogen-bond donors (Lipinski definition) is 1. The Morgan fingerprint density at radius 2 is 2.03 bits per heavy atom. The SMILES string of the molecule is CCn1cc(C(=O)N[C@H]2COC[C@H]2Cc2ccncc2)c(=O)c2ccc(C)nc21. The van der Waals surface area contributed by atoms with Crippen molar-refractivity contribution in [3.63, 3.8) is 0 Å². The summed E-state index contributed by atoms with van der Waals surface area (Å²) in [6, 6.07) is 7.33. The Kier molecular flexibility index (Phi) is 5.40. The van der Waals surface area contributed by atoms with Gasteiger partial charge < -0.3 is 14.6 Å². The van der Waals surface area contributed by atoms with Crippen molar-refractivity contribution >= 4 is 16.9 Å². The first-order chi connectivity index (χ1) is 14.1. The molecule has 3 aromatic heterocycles. The van der Waals surface area contributed by atoms with Crippen molar-refractivity contribution in [3.8, 4) is 0 Å². The zero-order chi connectivity index (χ0) is 20.4. The van der Waals surface area contributed by atoms with Crippen LogP contribution in [-0.4, -0.2) is 39.7 Å². The molecule has 1 N–H and O–H groups in total. The highest BCUT2D eigenvalue weighted by Crippen LogP contribution is 2.19. The number of aromatic nitrogens is 3. The van der Waals surface area contributed by atoms with Gasteiger partial charge in [-0.1, -0.05) is 0 Å². The van der Waals surface area contributed by atoms with Gasteiger partial charge in [-0.25, -0.2) is 4.98 Å². The average Bonchev–Trinajstić information content (AvgIpc) is 3.15. The number of fused-ring (bicyclic) bond motifs is 1. The van der Waals surface area contributed by atoms with Crippen molar-refractivity contribution in [3.05, 3.63) is 69.9 Å². The molecule has 0 radical (unpaired) electrons. The van der Waals surface area contributed by atoms with Crippen molar-refractivity contribution in [1.82, 2.24) is 19.9 Å². The third-order valence-electron chi connectivity index (χ3n) is 5.41. The Hall–Kier alpha value is -3.06. The van der Waals surface area contributed by atoms with E-state index < -0.39 is 0 Å². The van der Waals surface area contributed by atoms with Crippen LogP contribution in [0.4, 0.5) is 0 Å². The van der Waals surface area contributed by atoms with Crippen molar-refractivity contribution in [1.29, 1.82) is 0 Å². The van der Waals surface area contributed by atoms with Crippen LogP contribution in [0.15, 0.2) is 47.7 Å². The highest BCUT2D eigenvalue weighted by molar-refractivity contribution is 5.97. The second-order valence-electron chi connectivity index (χ2n) is 7.42. The van der Waals surface area contributed by atoms with E-state index in [-0.39, 0.29) is 28.9 Å². The predicted octanol–water partition coefficient (Wildman–Crippen LogP) is 2.11. The highest BCUT2D eigenvalue weighted by atomic mass is 16.5. The summed E-state index contributed by atoms with van der Waals surface area (Å²) in [6.45, 7) is 5.48. The molecule has 0 aliphatic carbocycles. The average molecular weight is 392 g/mol. The van der Waals surface area contributed by atoms with Gasteiger partial charge in [0, 0.05) is 36.7 Å². The minimum atomic E-state index is -0.366. The molecule has 1 amide bonds. The summed E-state index contributed by atoms with van der Waals surface area (Å²) in [6.07, 6.45) is 5.92. The molecular weight excluding hydrogens is 368 g/mol. The van der Waals surface area contributed by atoms with E-state index in [0.29, 0.717) is 30.8 Å². The lowest BCUT2D eigenvalue weighted by Crippen LogP contribution is -2.42. The maximum Gasteiger partial charge on any atom is 0.257 e. The molecular formula is C22H24N4O3. The van der Waals surface area contributed by atoms with Gasteiger partial charge in [0.15, 0.2) is 0 Å². The van der Waals surface area contributed by atoms with E-state index in [1.807, 2.05) is 30.5 Å². The summed E-state index contributed by atoms with van der Waals surface area (Å²) in [7, 11) is 0. The van der Waals surface area contributed by atoms with Crippen LogP contribution in [0.1, 0.15) is 28.5 Å². The van der Waals surface area contributed by atoms with Crippen LogP contribution in [0.3, 0.4) is 0 Å². The van der Waals surface area contributed by atoms with Gasteiger partial charge in [0.1, 0.15) is 11.2 Å². The molecule has 0 spiro atoms. The third-order valence-corrected chi connectivity index (χ3v) is 5.41. The maximum atomic E-state index is 13.0. The molecule has 0 bridgehead atoms. The number of hydrogen-bond acceptors (Lipinski definition) is 5. The number of nitrogens with zero attached hydrogens (tertiary/aromatic N) is 3. The maximum absolute atomic E-state index is 13.0. The Labute approximate surface area is 168 Å². The van der Waals surface area contributed by atoms with E-state index in [1.54, 1.807) is 30.7 Å². The number of pyridine rings is 3. The monoisotopic (exact) mass is 392 g/mol. The smallest absolute Gasteiger partial charge is 0.257 e. The number of aryl methyl sites for hydroxylation is 2. The largest absolute Gasteiger partial charge is 0.379 e. The van der Waals surface area contributed by atoms with Crippen molar-refractivity contribution in [2.24, 2.45) is 5.92 Å². The number of rotatable bonds is 5. The van der Waals surface area contributed by atoms with Gasteiger partial charge in [-0.15, -0.1) is 0 Å². The summed E-state index contributed by atoms with van der Waals surface area (Å²) in [5.41, 5.74) is 2.43. The molecule has 1 aliphatic heterocycles. The lowest BCUT2D eigenvalue weighted by molar-refractivity contribution is 0.0923. The third kappa shape index (κ3) is 3.91. The van der Waals surface area contributed by atoms with E-state index in [0.717, 1.165) is 17.7 Å². The zero-order valence-electron chi connectivity index (χ0n) is 16.6. The topological polar surface area (TPSA) is 86.1 Å². The van der Waals surface area contributed by atoms with E-state index in [2.05, 4.69) is 15.3 Å². The van der Waals surface area contributed by atoms with Gasteiger partial charge in [0.25, 0.3) is 5.91 Å². The van der Waals surface area contributed by atoms with Crippen molar-refractivity contribution in [2.45, 2.75) is 32.9 Å². The predicted molar refractivity (Wildman–Crippen MR) is 110 cm³/mol. The lowest BCUT2D eigenvalue weighted by Gasteiger charge is -2.19. The van der Waals surface area contributed by atoms with E-state index in [9.17, 15) is 9.59 Å². The Morgan fingerprint density at radius 3 is 2.79 bits per heavy atom. The normalized spacial score (nSPS) is 18.8. The van der Waals surface area contributed by atoms with E-state index in [4.69, 9.17) is 4.74 Å². The van der Waals surface area contributed by atoms with Crippen LogP contribution in [0.5, 0.6) is 0 Å². The summed E-state index contributed by atoms with van der Waals surface area (Å²) in [5.74, 6) is -0.213. The molecule has 2 atom stereocenters. The first-order valence-corrected chi connectivity index (χ1v) is 9.85. The second kappa shape index (κ2) is 8.13. The van der Waals surface area contributed by atoms with Crippen molar-refractivity contribution in [2.75, 3.05) is 13.2 Å². The summed E-state index contributed by atoms with van der Waals surface area (Å²) in [5, 5.41) is 3.48. The molecule has 0 aromatic carbocycles. The van der Waals surface area contributed by atoms with Crippen LogP contribution in [0, 0.1) is 12.8 Å². The summed E-state index contributed by atoms with van der Waals surface area (Å²) in [4.78, 5) is 34.4. The molecule has 1 aliphatic rings. The molecule has 150 valence electrons. The molecule has 7 heteroatoms. The summed E-state index contributed by atoms with van der Waals surface area (Å²) < 4.78 is 7.46. The molecule has 4 heterocycles. The number of nitrogens with one attached hydrogen (secondary N) is 1. The Bertz CT molecular complexity index is 1090. The first-order valence-electron chi connectivity index (χ1n) is 9.85. The fraction of sp³-hybridized carbons (Fsp3) is 0.364. The van der Waals surface area contributed by atoms with Gasteiger partial charge in [0.05, 0.1) is 24.6 Å². The zero-order valence-corrected chi connectivity index (χ0v) is 16.6. The quantitative estimate of drug-likeness (QED) is 0.719. The second-order valence-corrected chi connectivity index (χ2v) is 7.42. The van der Waals surface area contributed by atoms with Gasteiger partial charge in [0.2, 0.25) is 5.43 Å². The van der Waals surface area contributed by atoms with Crippen LogP contribution in [0.25, 0.3) is 11.0 Å². The number of ether oxygens (including phenoxy) is 1. The molecule has 7 nitrogen and oxygen atoms in total. The standard InChI is InChI=1S/C22H24N4O3/c1-3-26-11-18(20(27)17-5-4-14(2)24-21(17)26)22(28)25-19-13-29-12-16(19)10-15-6-8-23-9-7-15/h4-9,11,16,19H,3,10,12-13H2,1-2H3,(H,25,28)/t16-,19+/m1/s1. The number of carbonyl (C=O) groups excluding carboxylic acids is 1. The fourth-order valence-electron chi connectivity index (χ4n) is 3.79. The molecule has 0 unspecified atom stereocenters. The summed E-state index contributed by atoms with van der Waals surface area (Å²) >= 11 is 0. The highest BCUT2D eigenvalue weighted by Gasteiger charge is 2.30. The van der Waals surface area contributed by atoms with Gasteiger partial charge >= 0.3 is 0 Å². The number of amides is 1. The van der Waals surface area contributed by atoms with Crippen LogP contribution in [-0.2, 0) is 17.7 Å². The van der Waals surface area contributed by atoms with Gasteiger partial charge in [-0.3, -0.25) is 14.6 Å². The molecule has 3 aromatic rings. The minimum Gasteiger partial charge on any atom is -0.379 e. The molecule has 1 saturated heterocycles. The number of carbonyl (C=O) groups is 1. The fourth-order valence-corrected chi connectivity index (χ4v) is 3.79.